The number of amides is 1. The highest BCUT2D eigenvalue weighted by Crippen LogP contribution is 2.27. The first-order valence-corrected chi connectivity index (χ1v) is 8.58. The Morgan fingerprint density at radius 1 is 1.15 bits per heavy atom. The first-order valence-electron chi connectivity index (χ1n) is 8.58. The van der Waals surface area contributed by atoms with Crippen LogP contribution in [0, 0.1) is 5.92 Å². The summed E-state index contributed by atoms with van der Waals surface area (Å²) in [7, 11) is 0. The van der Waals surface area contributed by atoms with Crippen molar-refractivity contribution in [3.8, 4) is 0 Å². The Morgan fingerprint density at radius 2 is 1.96 bits per heavy atom. The lowest BCUT2D eigenvalue weighted by Gasteiger charge is -2.12. The van der Waals surface area contributed by atoms with E-state index in [1.165, 1.54) is 6.42 Å². The summed E-state index contributed by atoms with van der Waals surface area (Å²) in [5, 5.41) is 9.67. The third kappa shape index (κ3) is 4.09. The second-order valence-corrected chi connectivity index (χ2v) is 6.45. The van der Waals surface area contributed by atoms with Crippen LogP contribution in [0.5, 0.6) is 0 Å². The van der Waals surface area contributed by atoms with Crippen LogP contribution in [-0.2, 0) is 0 Å². The van der Waals surface area contributed by atoms with Crippen LogP contribution in [0.15, 0.2) is 48.7 Å². The quantitative estimate of drug-likeness (QED) is 0.661. The van der Waals surface area contributed by atoms with Crippen molar-refractivity contribution in [1.29, 1.82) is 0 Å². The predicted octanol–water partition coefficient (Wildman–Crippen LogP) is 3.96. The lowest BCUT2D eigenvalue weighted by atomic mass is 10.00. The monoisotopic (exact) mass is 391 g/mol. The molecule has 1 aliphatic heterocycles. The molecule has 0 bridgehead atoms. The molecule has 1 saturated heterocycles. The van der Waals surface area contributed by atoms with Crippen molar-refractivity contribution in [3.05, 3.63) is 54.2 Å². The number of carbonyl (C=O) groups excluding carboxylic acids is 1. The van der Waals surface area contributed by atoms with Crippen molar-refractivity contribution in [2.45, 2.75) is 12.8 Å². The number of halogens is 2. The molecule has 138 valence electrons. The smallest absolute Gasteiger partial charge is 0.253 e. The Kier molecular flexibility index (Phi) is 7.21. The van der Waals surface area contributed by atoms with E-state index in [4.69, 9.17) is 0 Å². The minimum Gasteiger partial charge on any atom is -0.352 e. The molecule has 1 fully saturated rings. The molecule has 2 N–H and O–H groups in total. The molecule has 1 unspecified atom stereocenters. The molecule has 0 aliphatic carbocycles. The number of nitrogens with zero attached hydrogens (tertiary/aromatic N) is 1. The first-order chi connectivity index (χ1) is 11.8. The van der Waals surface area contributed by atoms with Crippen molar-refractivity contribution < 1.29 is 4.79 Å². The van der Waals surface area contributed by atoms with E-state index in [2.05, 4.69) is 21.7 Å². The Bertz CT molecular complexity index is 894. The van der Waals surface area contributed by atoms with Crippen LogP contribution in [0.4, 0.5) is 0 Å². The maximum atomic E-state index is 12.7. The van der Waals surface area contributed by atoms with E-state index in [1.54, 1.807) is 6.20 Å². The fourth-order valence-electron chi connectivity index (χ4n) is 3.55. The summed E-state index contributed by atoms with van der Waals surface area (Å²) in [5.41, 5.74) is 1.44. The molecule has 1 amide bonds. The van der Waals surface area contributed by atoms with Gasteiger partial charge in [0.25, 0.3) is 5.91 Å². The third-order valence-electron chi connectivity index (χ3n) is 4.86. The van der Waals surface area contributed by atoms with Crippen LogP contribution in [0.25, 0.3) is 21.7 Å². The van der Waals surface area contributed by atoms with Gasteiger partial charge in [0.05, 0.1) is 11.1 Å². The van der Waals surface area contributed by atoms with Crippen LogP contribution >= 0.6 is 24.8 Å². The van der Waals surface area contributed by atoms with Gasteiger partial charge in [-0.1, -0.05) is 30.3 Å². The normalized spacial score (nSPS) is 16.1. The molecule has 1 aromatic heterocycles. The zero-order valence-electron chi connectivity index (χ0n) is 14.4. The summed E-state index contributed by atoms with van der Waals surface area (Å²) in [5.74, 6) is 0.646. The molecule has 3 aromatic rings. The van der Waals surface area contributed by atoms with Gasteiger partial charge in [0.15, 0.2) is 0 Å². The molecule has 26 heavy (non-hydrogen) atoms. The Labute approximate surface area is 165 Å². The van der Waals surface area contributed by atoms with E-state index >= 15 is 0 Å². The van der Waals surface area contributed by atoms with Gasteiger partial charge in [-0.25, -0.2) is 0 Å². The van der Waals surface area contributed by atoms with Gasteiger partial charge in [-0.15, -0.1) is 24.8 Å². The number of aromatic nitrogens is 1. The molecule has 0 saturated carbocycles. The minimum atomic E-state index is -0.0320. The van der Waals surface area contributed by atoms with Gasteiger partial charge in [0, 0.05) is 18.1 Å². The van der Waals surface area contributed by atoms with Crippen LogP contribution in [0.1, 0.15) is 23.2 Å². The average Bonchev–Trinajstić information content (AvgIpc) is 3.14. The minimum absolute atomic E-state index is 0. The second-order valence-electron chi connectivity index (χ2n) is 6.45. The number of pyridine rings is 1. The van der Waals surface area contributed by atoms with Crippen LogP contribution < -0.4 is 10.6 Å². The number of nitrogens with one attached hydrogen (secondary N) is 2. The van der Waals surface area contributed by atoms with Crippen LogP contribution in [0.2, 0.25) is 0 Å². The van der Waals surface area contributed by atoms with Gasteiger partial charge in [0.2, 0.25) is 0 Å². The maximum Gasteiger partial charge on any atom is 0.253 e. The van der Waals surface area contributed by atoms with E-state index in [0.29, 0.717) is 18.0 Å². The first kappa shape index (κ1) is 20.4. The van der Waals surface area contributed by atoms with E-state index in [0.717, 1.165) is 41.2 Å². The molecule has 0 spiro atoms. The molecule has 1 aliphatic rings. The summed E-state index contributed by atoms with van der Waals surface area (Å²) in [6, 6.07) is 14.0. The molecule has 4 nitrogen and oxygen atoms in total. The largest absolute Gasteiger partial charge is 0.352 e. The molecule has 2 aromatic carbocycles. The van der Waals surface area contributed by atoms with Crippen LogP contribution in [-0.4, -0.2) is 30.5 Å². The maximum absolute atomic E-state index is 12.7. The fraction of sp³-hybridized carbons (Fsp3) is 0.300. The average molecular weight is 392 g/mol. The number of rotatable bonds is 4. The highest BCUT2D eigenvalue weighted by molar-refractivity contribution is 6.15. The van der Waals surface area contributed by atoms with Gasteiger partial charge < -0.3 is 10.6 Å². The standard InChI is InChI=1S/C20H21N3O.2ClH/c24-20(23-11-8-14-7-10-21-13-14)18-12-15-4-1-2-5-16(15)17-6-3-9-22-19(17)18;;/h1-6,9,12,14,21H,7-8,10-11,13H2,(H,23,24);2*1H. The fourth-order valence-corrected chi connectivity index (χ4v) is 3.55. The van der Waals surface area contributed by atoms with E-state index in [9.17, 15) is 4.79 Å². The van der Waals surface area contributed by atoms with Crippen molar-refractivity contribution in [3.63, 3.8) is 0 Å². The van der Waals surface area contributed by atoms with Gasteiger partial charge in [-0.2, -0.15) is 0 Å². The topological polar surface area (TPSA) is 54.0 Å². The zero-order chi connectivity index (χ0) is 16.4. The second kappa shape index (κ2) is 9.17. The highest BCUT2D eigenvalue weighted by atomic mass is 35.5. The van der Waals surface area contributed by atoms with Gasteiger partial charge in [-0.05, 0) is 54.8 Å². The van der Waals surface area contributed by atoms with Gasteiger partial charge in [-0.3, -0.25) is 9.78 Å². The number of carbonyl (C=O) groups is 1. The molecule has 4 rings (SSSR count). The molecular weight excluding hydrogens is 369 g/mol. The summed E-state index contributed by atoms with van der Waals surface area (Å²) in [6.07, 6.45) is 3.98. The van der Waals surface area contributed by atoms with Crippen molar-refractivity contribution in [2.75, 3.05) is 19.6 Å². The summed E-state index contributed by atoms with van der Waals surface area (Å²) < 4.78 is 0. The predicted molar refractivity (Wildman–Crippen MR) is 112 cm³/mol. The number of hydrogen-bond acceptors (Lipinski definition) is 3. The lowest BCUT2D eigenvalue weighted by molar-refractivity contribution is 0.0953. The third-order valence-corrected chi connectivity index (χ3v) is 4.86. The van der Waals surface area contributed by atoms with Gasteiger partial charge in [0.1, 0.15) is 0 Å². The molecule has 2 heterocycles. The van der Waals surface area contributed by atoms with Crippen molar-refractivity contribution >= 4 is 52.4 Å². The van der Waals surface area contributed by atoms with E-state index in [-0.39, 0.29) is 30.7 Å². The molecule has 6 heteroatoms. The number of benzene rings is 2. The molecule has 1 atom stereocenters. The van der Waals surface area contributed by atoms with Crippen molar-refractivity contribution in [2.24, 2.45) is 5.92 Å². The SMILES string of the molecule is Cl.Cl.O=C(NCCC1CCNC1)c1cc2ccccc2c2cccnc12. The summed E-state index contributed by atoms with van der Waals surface area (Å²) in [4.78, 5) is 17.2. The lowest BCUT2D eigenvalue weighted by Crippen LogP contribution is -2.26. The molecule has 0 radical (unpaired) electrons. The summed E-state index contributed by atoms with van der Waals surface area (Å²) in [6.45, 7) is 2.88. The Hall–Kier alpha value is -1.88. The van der Waals surface area contributed by atoms with E-state index in [1.807, 2.05) is 36.4 Å². The number of fused-ring (bicyclic) bond motifs is 3. The van der Waals surface area contributed by atoms with Crippen molar-refractivity contribution in [1.82, 2.24) is 15.6 Å². The Balaban J connectivity index is 0.00000121. The van der Waals surface area contributed by atoms with Gasteiger partial charge >= 0.3 is 0 Å². The van der Waals surface area contributed by atoms with Crippen LogP contribution in [0.3, 0.4) is 0 Å². The number of hydrogen-bond donors (Lipinski definition) is 2. The Morgan fingerprint density at radius 3 is 2.77 bits per heavy atom. The molecular formula is C20H23Cl2N3O. The van der Waals surface area contributed by atoms with E-state index < -0.39 is 0 Å². The highest BCUT2D eigenvalue weighted by Gasteiger charge is 2.16. The summed E-state index contributed by atoms with van der Waals surface area (Å²) >= 11 is 0. The zero-order valence-corrected chi connectivity index (χ0v) is 16.0.